The van der Waals surface area contributed by atoms with Crippen LogP contribution in [0.2, 0.25) is 0 Å². The first kappa shape index (κ1) is 16.5. The summed E-state index contributed by atoms with van der Waals surface area (Å²) < 4.78 is 18.3. The molecular formula is C18H16FNO3. The molecule has 0 aliphatic rings. The molecule has 5 heteroatoms. The van der Waals surface area contributed by atoms with Gasteiger partial charge in [-0.1, -0.05) is 42.2 Å². The number of aliphatic hydroxyl groups excluding tert-OH is 1. The Morgan fingerprint density at radius 3 is 2.70 bits per heavy atom. The molecule has 118 valence electrons. The summed E-state index contributed by atoms with van der Waals surface area (Å²) in [5, 5.41) is 11.5. The van der Waals surface area contributed by atoms with Crippen molar-refractivity contribution < 1.29 is 19.0 Å². The largest absolute Gasteiger partial charge is 0.445 e. The van der Waals surface area contributed by atoms with E-state index in [-0.39, 0.29) is 19.8 Å². The zero-order chi connectivity index (χ0) is 16.5. The first-order valence-corrected chi connectivity index (χ1v) is 7.01. The predicted molar refractivity (Wildman–Crippen MR) is 83.8 cm³/mol. The molecule has 0 aromatic heterocycles. The SMILES string of the molecule is O=C(NCC#Cc1cc(F)cc(CO)c1)OCc1ccccc1. The van der Waals surface area contributed by atoms with Crippen LogP contribution in [-0.2, 0) is 18.0 Å². The minimum atomic E-state index is -0.571. The van der Waals surface area contributed by atoms with Gasteiger partial charge in [-0.3, -0.25) is 0 Å². The first-order valence-electron chi connectivity index (χ1n) is 7.01. The molecule has 0 radical (unpaired) electrons. The second-order valence-electron chi connectivity index (χ2n) is 4.72. The van der Waals surface area contributed by atoms with Crippen molar-refractivity contribution >= 4 is 6.09 Å². The number of carbonyl (C=O) groups excluding carboxylic acids is 1. The third-order valence-electron chi connectivity index (χ3n) is 2.91. The first-order chi connectivity index (χ1) is 11.2. The van der Waals surface area contributed by atoms with E-state index in [4.69, 9.17) is 9.84 Å². The van der Waals surface area contributed by atoms with E-state index in [1.54, 1.807) is 6.07 Å². The number of hydrogen-bond acceptors (Lipinski definition) is 3. The van der Waals surface area contributed by atoms with Crippen LogP contribution in [0.4, 0.5) is 9.18 Å². The molecule has 0 bridgehead atoms. The number of carbonyl (C=O) groups is 1. The highest BCUT2D eigenvalue weighted by Gasteiger charge is 2.00. The topological polar surface area (TPSA) is 58.6 Å². The summed E-state index contributed by atoms with van der Waals surface area (Å²) in [6, 6.07) is 13.4. The molecule has 0 aliphatic heterocycles. The van der Waals surface area contributed by atoms with Gasteiger partial charge in [-0.2, -0.15) is 0 Å². The van der Waals surface area contributed by atoms with Crippen LogP contribution < -0.4 is 5.32 Å². The minimum Gasteiger partial charge on any atom is -0.445 e. The summed E-state index contributed by atoms with van der Waals surface area (Å²) in [7, 11) is 0. The Bertz CT molecular complexity index is 720. The number of aliphatic hydroxyl groups is 1. The van der Waals surface area contributed by atoms with Gasteiger partial charge in [0.25, 0.3) is 0 Å². The Morgan fingerprint density at radius 2 is 1.96 bits per heavy atom. The third kappa shape index (κ3) is 5.81. The van der Waals surface area contributed by atoms with Crippen molar-refractivity contribution in [2.24, 2.45) is 0 Å². The molecule has 2 aromatic carbocycles. The Morgan fingerprint density at radius 1 is 1.17 bits per heavy atom. The number of rotatable bonds is 4. The van der Waals surface area contributed by atoms with Gasteiger partial charge < -0.3 is 15.2 Å². The van der Waals surface area contributed by atoms with Gasteiger partial charge in [0.05, 0.1) is 13.2 Å². The van der Waals surface area contributed by atoms with E-state index in [2.05, 4.69) is 17.2 Å². The average Bonchev–Trinajstić information content (AvgIpc) is 2.57. The number of benzene rings is 2. The molecule has 2 aromatic rings. The Balaban J connectivity index is 1.79. The molecule has 0 unspecified atom stereocenters. The summed E-state index contributed by atoms with van der Waals surface area (Å²) in [5.74, 6) is 4.96. The lowest BCUT2D eigenvalue weighted by atomic mass is 10.1. The summed E-state index contributed by atoms with van der Waals surface area (Å²) in [4.78, 5) is 11.5. The van der Waals surface area contributed by atoms with E-state index in [1.165, 1.54) is 12.1 Å². The van der Waals surface area contributed by atoms with E-state index in [0.717, 1.165) is 5.56 Å². The van der Waals surface area contributed by atoms with E-state index >= 15 is 0 Å². The van der Waals surface area contributed by atoms with Crippen LogP contribution in [0.25, 0.3) is 0 Å². The molecule has 1 amide bonds. The lowest BCUT2D eigenvalue weighted by Crippen LogP contribution is -2.24. The maximum atomic E-state index is 13.2. The molecule has 4 nitrogen and oxygen atoms in total. The normalized spacial score (nSPS) is 9.65. The molecule has 2 N–H and O–H groups in total. The van der Waals surface area contributed by atoms with Gasteiger partial charge in [0.15, 0.2) is 0 Å². The molecule has 0 aliphatic carbocycles. The van der Waals surface area contributed by atoms with Gasteiger partial charge in [0.2, 0.25) is 0 Å². The van der Waals surface area contributed by atoms with Crippen molar-refractivity contribution in [2.75, 3.05) is 6.54 Å². The van der Waals surface area contributed by atoms with Crippen LogP contribution in [0.15, 0.2) is 48.5 Å². The highest BCUT2D eigenvalue weighted by Crippen LogP contribution is 2.08. The van der Waals surface area contributed by atoms with Crippen LogP contribution in [0, 0.1) is 17.7 Å². The molecule has 2 rings (SSSR count). The van der Waals surface area contributed by atoms with E-state index in [1.807, 2.05) is 30.3 Å². The van der Waals surface area contributed by atoms with Crippen molar-refractivity contribution in [1.82, 2.24) is 5.32 Å². The Labute approximate surface area is 133 Å². The van der Waals surface area contributed by atoms with Gasteiger partial charge >= 0.3 is 6.09 Å². The van der Waals surface area contributed by atoms with Crippen LogP contribution in [0.5, 0.6) is 0 Å². The molecule has 0 spiro atoms. The summed E-state index contributed by atoms with van der Waals surface area (Å²) in [5.41, 5.74) is 1.78. The highest BCUT2D eigenvalue weighted by molar-refractivity contribution is 5.67. The number of ether oxygens (including phenoxy) is 1. The van der Waals surface area contributed by atoms with E-state index in [9.17, 15) is 9.18 Å². The van der Waals surface area contributed by atoms with Gasteiger partial charge in [-0.25, -0.2) is 9.18 Å². The van der Waals surface area contributed by atoms with Gasteiger partial charge in [0.1, 0.15) is 12.4 Å². The summed E-state index contributed by atoms with van der Waals surface area (Å²) >= 11 is 0. The molecule has 0 heterocycles. The lowest BCUT2D eigenvalue weighted by Gasteiger charge is -2.04. The third-order valence-corrected chi connectivity index (χ3v) is 2.91. The molecule has 0 atom stereocenters. The predicted octanol–water partition coefficient (Wildman–Crippen LogP) is 2.60. The average molecular weight is 313 g/mol. The monoisotopic (exact) mass is 313 g/mol. The maximum absolute atomic E-state index is 13.2. The van der Waals surface area contributed by atoms with E-state index < -0.39 is 11.9 Å². The number of halogens is 1. The van der Waals surface area contributed by atoms with E-state index in [0.29, 0.717) is 11.1 Å². The van der Waals surface area contributed by atoms with Crippen LogP contribution >= 0.6 is 0 Å². The van der Waals surface area contributed by atoms with Crippen LogP contribution in [-0.4, -0.2) is 17.7 Å². The van der Waals surface area contributed by atoms with Crippen molar-refractivity contribution in [3.8, 4) is 11.8 Å². The number of amides is 1. The molecule has 0 fully saturated rings. The zero-order valence-electron chi connectivity index (χ0n) is 12.4. The zero-order valence-corrected chi connectivity index (χ0v) is 12.4. The van der Waals surface area contributed by atoms with Gasteiger partial charge in [-0.05, 0) is 29.3 Å². The smallest absolute Gasteiger partial charge is 0.408 e. The second-order valence-corrected chi connectivity index (χ2v) is 4.72. The fraction of sp³-hybridized carbons (Fsp3) is 0.167. The second kappa shape index (κ2) is 8.57. The van der Waals surface area contributed by atoms with Gasteiger partial charge in [0, 0.05) is 5.56 Å². The summed E-state index contributed by atoms with van der Waals surface area (Å²) in [6.45, 7) is 0.0129. The van der Waals surface area contributed by atoms with Crippen molar-refractivity contribution in [2.45, 2.75) is 13.2 Å². The van der Waals surface area contributed by atoms with Crippen LogP contribution in [0.1, 0.15) is 16.7 Å². The Kier molecular flexibility index (Phi) is 6.16. The maximum Gasteiger partial charge on any atom is 0.408 e. The van der Waals surface area contributed by atoms with Crippen molar-refractivity contribution in [1.29, 1.82) is 0 Å². The summed E-state index contributed by atoms with van der Waals surface area (Å²) in [6.07, 6.45) is -0.571. The molecular weight excluding hydrogens is 297 g/mol. The number of nitrogens with one attached hydrogen (secondary N) is 1. The van der Waals surface area contributed by atoms with Crippen LogP contribution in [0.3, 0.4) is 0 Å². The Hall–Kier alpha value is -2.84. The highest BCUT2D eigenvalue weighted by atomic mass is 19.1. The number of hydrogen-bond donors (Lipinski definition) is 2. The standard InChI is InChI=1S/C18H16FNO3/c19-17-10-15(9-16(11-17)12-21)7-4-8-20-18(22)23-13-14-5-2-1-3-6-14/h1-3,5-6,9-11,21H,8,12-13H2,(H,20,22). The lowest BCUT2D eigenvalue weighted by molar-refractivity contribution is 0.141. The molecule has 0 saturated carbocycles. The molecule has 23 heavy (non-hydrogen) atoms. The fourth-order valence-corrected chi connectivity index (χ4v) is 1.85. The van der Waals surface area contributed by atoms with Gasteiger partial charge in [-0.15, -0.1) is 0 Å². The minimum absolute atomic E-state index is 0.0819. The molecule has 0 saturated heterocycles. The quantitative estimate of drug-likeness (QED) is 0.853. The number of alkyl carbamates (subject to hydrolysis) is 1. The fourth-order valence-electron chi connectivity index (χ4n) is 1.85. The van der Waals surface area contributed by atoms with Crippen molar-refractivity contribution in [3.05, 3.63) is 71.0 Å². The van der Waals surface area contributed by atoms with Crippen molar-refractivity contribution in [3.63, 3.8) is 0 Å².